The van der Waals surface area contributed by atoms with Crippen molar-refractivity contribution in [3.8, 4) is 0 Å². The van der Waals surface area contributed by atoms with Gasteiger partial charge in [-0.25, -0.2) is 0 Å². The summed E-state index contributed by atoms with van der Waals surface area (Å²) < 4.78 is 0. The highest BCUT2D eigenvalue weighted by atomic mass is 16.1. The molecule has 0 radical (unpaired) electrons. The van der Waals surface area contributed by atoms with E-state index in [1.807, 2.05) is 6.92 Å². The Kier molecular flexibility index (Phi) is 3.24. The maximum absolute atomic E-state index is 11.9. The second kappa shape index (κ2) is 4.65. The molecule has 1 aliphatic heterocycles. The minimum atomic E-state index is -0.0217. The van der Waals surface area contributed by atoms with Crippen molar-refractivity contribution in [2.75, 3.05) is 20.1 Å². The molecule has 5 heteroatoms. The van der Waals surface area contributed by atoms with E-state index in [1.54, 1.807) is 6.20 Å². The van der Waals surface area contributed by atoms with E-state index in [9.17, 15) is 4.79 Å². The minimum absolute atomic E-state index is 0.0217. The molecule has 1 atom stereocenters. The Morgan fingerprint density at radius 1 is 1.69 bits per heavy atom. The number of aryl methyl sites for hydroxylation is 1. The van der Waals surface area contributed by atoms with Crippen LogP contribution in [0.5, 0.6) is 0 Å². The first-order valence-corrected chi connectivity index (χ1v) is 5.66. The Bertz CT molecular complexity index is 374. The maximum Gasteiger partial charge on any atom is 0.254 e. The highest BCUT2D eigenvalue weighted by Crippen LogP contribution is 2.09. The summed E-state index contributed by atoms with van der Waals surface area (Å²) in [6.07, 6.45) is 3.79. The SMILES string of the molecule is Cc1[nH]ncc1C(=O)NC1CCCN(C)C1. The van der Waals surface area contributed by atoms with Gasteiger partial charge in [0.1, 0.15) is 0 Å². The highest BCUT2D eigenvalue weighted by Gasteiger charge is 2.20. The summed E-state index contributed by atoms with van der Waals surface area (Å²) in [6.45, 7) is 3.91. The van der Waals surface area contributed by atoms with Crippen molar-refractivity contribution in [3.63, 3.8) is 0 Å². The number of nitrogens with zero attached hydrogens (tertiary/aromatic N) is 2. The average molecular weight is 222 g/mol. The lowest BCUT2D eigenvalue weighted by atomic mass is 10.1. The number of hydrogen-bond donors (Lipinski definition) is 2. The number of nitrogens with one attached hydrogen (secondary N) is 2. The molecule has 0 spiro atoms. The highest BCUT2D eigenvalue weighted by molar-refractivity contribution is 5.95. The van der Waals surface area contributed by atoms with Crippen molar-refractivity contribution in [2.45, 2.75) is 25.8 Å². The van der Waals surface area contributed by atoms with E-state index in [4.69, 9.17) is 0 Å². The monoisotopic (exact) mass is 222 g/mol. The van der Waals surface area contributed by atoms with E-state index in [-0.39, 0.29) is 11.9 Å². The van der Waals surface area contributed by atoms with Gasteiger partial charge in [-0.3, -0.25) is 9.89 Å². The van der Waals surface area contributed by atoms with Crippen LogP contribution >= 0.6 is 0 Å². The number of rotatable bonds is 2. The van der Waals surface area contributed by atoms with Gasteiger partial charge in [0.2, 0.25) is 0 Å². The lowest BCUT2D eigenvalue weighted by molar-refractivity contribution is 0.0912. The predicted molar refractivity (Wildman–Crippen MR) is 61.3 cm³/mol. The van der Waals surface area contributed by atoms with Gasteiger partial charge in [-0.2, -0.15) is 5.10 Å². The van der Waals surface area contributed by atoms with Crippen LogP contribution in [0.1, 0.15) is 28.9 Å². The number of hydrogen-bond acceptors (Lipinski definition) is 3. The molecule has 2 rings (SSSR count). The number of carbonyl (C=O) groups is 1. The molecule has 1 aliphatic rings. The van der Waals surface area contributed by atoms with Crippen LogP contribution in [-0.2, 0) is 0 Å². The zero-order valence-corrected chi connectivity index (χ0v) is 9.79. The summed E-state index contributed by atoms with van der Waals surface area (Å²) in [4.78, 5) is 14.2. The van der Waals surface area contributed by atoms with E-state index in [2.05, 4.69) is 27.5 Å². The number of aromatic nitrogens is 2. The third kappa shape index (κ3) is 2.41. The number of H-pyrrole nitrogens is 1. The quantitative estimate of drug-likeness (QED) is 0.768. The fourth-order valence-corrected chi connectivity index (χ4v) is 2.13. The summed E-state index contributed by atoms with van der Waals surface area (Å²) >= 11 is 0. The Balaban J connectivity index is 1.95. The van der Waals surface area contributed by atoms with Crippen molar-refractivity contribution >= 4 is 5.91 Å². The second-order valence-electron chi connectivity index (χ2n) is 4.48. The number of aromatic amines is 1. The molecule has 1 aromatic heterocycles. The Labute approximate surface area is 95.2 Å². The van der Waals surface area contributed by atoms with Crippen LogP contribution in [0.15, 0.2) is 6.20 Å². The Hall–Kier alpha value is -1.36. The third-order valence-electron chi connectivity index (χ3n) is 3.03. The van der Waals surface area contributed by atoms with Crippen LogP contribution in [0.25, 0.3) is 0 Å². The third-order valence-corrected chi connectivity index (χ3v) is 3.03. The fraction of sp³-hybridized carbons (Fsp3) is 0.636. The van der Waals surface area contributed by atoms with Crippen LogP contribution in [0, 0.1) is 6.92 Å². The first-order chi connectivity index (χ1) is 7.66. The topological polar surface area (TPSA) is 61.0 Å². The van der Waals surface area contributed by atoms with Crippen LogP contribution in [-0.4, -0.2) is 47.2 Å². The van der Waals surface area contributed by atoms with Crippen molar-refractivity contribution in [2.24, 2.45) is 0 Å². The smallest absolute Gasteiger partial charge is 0.254 e. The molecule has 5 nitrogen and oxygen atoms in total. The van der Waals surface area contributed by atoms with E-state index >= 15 is 0 Å². The zero-order chi connectivity index (χ0) is 11.5. The number of likely N-dealkylation sites (tertiary alicyclic amines) is 1. The second-order valence-corrected chi connectivity index (χ2v) is 4.48. The number of carbonyl (C=O) groups excluding carboxylic acids is 1. The number of likely N-dealkylation sites (N-methyl/N-ethyl adjacent to an activating group) is 1. The van der Waals surface area contributed by atoms with Crippen LogP contribution < -0.4 is 5.32 Å². The largest absolute Gasteiger partial charge is 0.348 e. The van der Waals surface area contributed by atoms with Crippen molar-refractivity contribution in [1.29, 1.82) is 0 Å². The molecule has 2 N–H and O–H groups in total. The molecule has 0 saturated carbocycles. The van der Waals surface area contributed by atoms with Gasteiger partial charge >= 0.3 is 0 Å². The summed E-state index contributed by atoms with van der Waals surface area (Å²) in [5.41, 5.74) is 1.47. The van der Waals surface area contributed by atoms with Gasteiger partial charge in [0.15, 0.2) is 0 Å². The minimum Gasteiger partial charge on any atom is -0.348 e. The molecule has 1 unspecified atom stereocenters. The van der Waals surface area contributed by atoms with Crippen molar-refractivity contribution in [1.82, 2.24) is 20.4 Å². The molecule has 2 heterocycles. The lowest BCUT2D eigenvalue weighted by Gasteiger charge is -2.30. The molecule has 1 aromatic rings. The maximum atomic E-state index is 11.9. The molecule has 88 valence electrons. The molecule has 1 fully saturated rings. The first-order valence-electron chi connectivity index (χ1n) is 5.66. The Morgan fingerprint density at radius 3 is 3.12 bits per heavy atom. The van der Waals surface area contributed by atoms with Gasteiger partial charge in [-0.1, -0.05) is 0 Å². The van der Waals surface area contributed by atoms with Gasteiger partial charge in [-0.05, 0) is 33.4 Å². The predicted octanol–water partition coefficient (Wildman–Crippen LogP) is 0.542. The fourth-order valence-electron chi connectivity index (χ4n) is 2.13. The average Bonchev–Trinajstić information content (AvgIpc) is 2.64. The van der Waals surface area contributed by atoms with Gasteiger partial charge in [-0.15, -0.1) is 0 Å². The van der Waals surface area contributed by atoms with Gasteiger partial charge < -0.3 is 10.2 Å². The van der Waals surface area contributed by atoms with E-state index < -0.39 is 0 Å². The summed E-state index contributed by atoms with van der Waals surface area (Å²) in [6, 6.07) is 0.264. The van der Waals surface area contributed by atoms with Gasteiger partial charge in [0.25, 0.3) is 5.91 Å². The van der Waals surface area contributed by atoms with Gasteiger partial charge in [0.05, 0.1) is 11.8 Å². The number of piperidine rings is 1. The molecule has 0 aromatic carbocycles. The Morgan fingerprint density at radius 2 is 2.50 bits per heavy atom. The summed E-state index contributed by atoms with van der Waals surface area (Å²) in [5.74, 6) is -0.0217. The van der Waals surface area contributed by atoms with Crippen LogP contribution in [0.4, 0.5) is 0 Å². The normalized spacial score (nSPS) is 22.0. The molecule has 16 heavy (non-hydrogen) atoms. The molecule has 1 saturated heterocycles. The van der Waals surface area contributed by atoms with Crippen molar-refractivity contribution < 1.29 is 4.79 Å². The van der Waals surface area contributed by atoms with Crippen LogP contribution in [0.3, 0.4) is 0 Å². The standard InChI is InChI=1S/C11H18N4O/c1-8-10(6-12-14-8)11(16)13-9-4-3-5-15(2)7-9/h6,9H,3-5,7H2,1-2H3,(H,12,14)(H,13,16). The molecule has 0 bridgehead atoms. The summed E-state index contributed by atoms with van der Waals surface area (Å²) in [5, 5.41) is 9.68. The number of amides is 1. The molecule has 1 amide bonds. The first kappa shape index (κ1) is 11.1. The molecular formula is C11H18N4O. The lowest BCUT2D eigenvalue weighted by Crippen LogP contribution is -2.46. The van der Waals surface area contributed by atoms with Crippen molar-refractivity contribution in [3.05, 3.63) is 17.5 Å². The molecule has 0 aliphatic carbocycles. The van der Waals surface area contributed by atoms with E-state index in [0.29, 0.717) is 5.56 Å². The van der Waals surface area contributed by atoms with E-state index in [0.717, 1.165) is 31.6 Å². The van der Waals surface area contributed by atoms with Crippen LogP contribution in [0.2, 0.25) is 0 Å². The zero-order valence-electron chi connectivity index (χ0n) is 9.79. The summed E-state index contributed by atoms with van der Waals surface area (Å²) in [7, 11) is 2.08. The van der Waals surface area contributed by atoms with Gasteiger partial charge in [0, 0.05) is 18.3 Å². The molecular weight excluding hydrogens is 204 g/mol. The van der Waals surface area contributed by atoms with E-state index in [1.165, 1.54) is 0 Å².